The Kier molecular flexibility index (Phi) is 5.24. The smallest absolute Gasteiger partial charge is 0.324 e. The number of amides is 2. The molecule has 8 heteroatoms. The van der Waals surface area contributed by atoms with E-state index in [0.29, 0.717) is 22.9 Å². The standard InChI is InChI=1S/C22H23ClN2O4S/c1-4-11-7-6-8-12(5-2)18(11)25-19(26)15-16(20(25)27)22(3,21(28)29)24-17(15)13-9-10-14(23)30-13/h6-10,15-17,24H,4-5H2,1-3H3,(H,28,29). The van der Waals surface area contributed by atoms with Crippen LogP contribution in [0.2, 0.25) is 4.34 Å². The lowest BCUT2D eigenvalue weighted by atomic mass is 9.81. The Morgan fingerprint density at radius 2 is 1.80 bits per heavy atom. The molecule has 4 unspecified atom stereocenters. The Labute approximate surface area is 183 Å². The Bertz CT molecular complexity index is 1030. The predicted molar refractivity (Wildman–Crippen MR) is 116 cm³/mol. The van der Waals surface area contributed by atoms with Crippen molar-refractivity contribution in [2.75, 3.05) is 4.90 Å². The highest BCUT2D eigenvalue weighted by molar-refractivity contribution is 7.16. The van der Waals surface area contributed by atoms with Crippen molar-refractivity contribution in [2.24, 2.45) is 11.8 Å². The van der Waals surface area contributed by atoms with E-state index in [9.17, 15) is 19.5 Å². The fourth-order valence-corrected chi connectivity index (χ4v) is 5.96. The summed E-state index contributed by atoms with van der Waals surface area (Å²) in [5.41, 5.74) is 0.858. The van der Waals surface area contributed by atoms with Gasteiger partial charge in [0.05, 0.1) is 27.9 Å². The first kappa shape index (κ1) is 21.0. The molecule has 30 heavy (non-hydrogen) atoms. The number of para-hydroxylation sites is 1. The summed E-state index contributed by atoms with van der Waals surface area (Å²) in [6, 6.07) is 8.66. The Morgan fingerprint density at radius 1 is 1.17 bits per heavy atom. The van der Waals surface area contributed by atoms with Crippen molar-refractivity contribution in [1.29, 1.82) is 0 Å². The van der Waals surface area contributed by atoms with Crippen LogP contribution in [0.25, 0.3) is 0 Å². The first-order valence-electron chi connectivity index (χ1n) is 9.99. The molecule has 2 aliphatic heterocycles. The minimum atomic E-state index is -1.55. The molecule has 4 rings (SSSR count). The summed E-state index contributed by atoms with van der Waals surface area (Å²) in [5, 5.41) is 13.1. The van der Waals surface area contributed by atoms with E-state index in [4.69, 9.17) is 11.6 Å². The van der Waals surface area contributed by atoms with Crippen LogP contribution in [-0.2, 0) is 27.2 Å². The third kappa shape index (κ3) is 2.91. The van der Waals surface area contributed by atoms with Gasteiger partial charge in [0.1, 0.15) is 5.54 Å². The number of carboxylic acid groups (broad SMARTS) is 1. The molecular formula is C22H23ClN2O4S. The summed E-state index contributed by atoms with van der Waals surface area (Å²) in [6.45, 7) is 5.44. The lowest BCUT2D eigenvalue weighted by Crippen LogP contribution is -2.53. The number of rotatable bonds is 5. The van der Waals surface area contributed by atoms with Gasteiger partial charge in [0.25, 0.3) is 0 Å². The first-order chi connectivity index (χ1) is 14.2. The Morgan fingerprint density at radius 3 is 2.30 bits per heavy atom. The maximum atomic E-state index is 13.7. The number of carbonyl (C=O) groups is 3. The van der Waals surface area contributed by atoms with Crippen LogP contribution in [0.15, 0.2) is 30.3 Å². The van der Waals surface area contributed by atoms with Crippen LogP contribution in [0.3, 0.4) is 0 Å². The summed E-state index contributed by atoms with van der Waals surface area (Å²) >= 11 is 7.39. The van der Waals surface area contributed by atoms with Crippen LogP contribution in [0, 0.1) is 11.8 Å². The highest BCUT2D eigenvalue weighted by Gasteiger charge is 2.67. The Hall–Kier alpha value is -2.22. The highest BCUT2D eigenvalue weighted by Crippen LogP contribution is 2.51. The number of aliphatic carboxylic acids is 1. The molecule has 1 aromatic carbocycles. The number of hydrogen-bond acceptors (Lipinski definition) is 5. The maximum Gasteiger partial charge on any atom is 0.324 e. The molecule has 4 atom stereocenters. The molecule has 0 radical (unpaired) electrons. The number of nitrogens with one attached hydrogen (secondary N) is 1. The number of halogens is 1. The fraction of sp³-hybridized carbons (Fsp3) is 0.409. The second kappa shape index (κ2) is 7.48. The minimum absolute atomic E-state index is 0.354. The van der Waals surface area contributed by atoms with Gasteiger partial charge in [-0.3, -0.25) is 19.7 Å². The predicted octanol–water partition coefficient (Wildman–Crippen LogP) is 3.82. The fourth-order valence-electron chi connectivity index (χ4n) is 4.80. The molecule has 6 nitrogen and oxygen atoms in total. The molecule has 158 valence electrons. The third-order valence-electron chi connectivity index (χ3n) is 6.32. The quantitative estimate of drug-likeness (QED) is 0.682. The molecular weight excluding hydrogens is 424 g/mol. The molecule has 0 aliphatic carbocycles. The van der Waals surface area contributed by atoms with E-state index < -0.39 is 35.3 Å². The third-order valence-corrected chi connectivity index (χ3v) is 7.64. The van der Waals surface area contributed by atoms with Crippen LogP contribution >= 0.6 is 22.9 Å². The number of anilines is 1. The molecule has 0 bridgehead atoms. The zero-order valence-electron chi connectivity index (χ0n) is 16.9. The number of carboxylic acids is 1. The number of nitrogens with zero attached hydrogens (tertiary/aromatic N) is 1. The second-order valence-electron chi connectivity index (χ2n) is 7.92. The molecule has 2 fully saturated rings. The van der Waals surface area contributed by atoms with Gasteiger partial charge in [-0.15, -0.1) is 11.3 Å². The van der Waals surface area contributed by atoms with E-state index >= 15 is 0 Å². The molecule has 1 aromatic heterocycles. The zero-order valence-corrected chi connectivity index (χ0v) is 18.5. The van der Waals surface area contributed by atoms with Gasteiger partial charge in [0, 0.05) is 4.88 Å². The molecule has 2 saturated heterocycles. The van der Waals surface area contributed by atoms with Gasteiger partial charge < -0.3 is 5.11 Å². The van der Waals surface area contributed by atoms with Gasteiger partial charge in [-0.2, -0.15) is 0 Å². The topological polar surface area (TPSA) is 86.7 Å². The highest BCUT2D eigenvalue weighted by atomic mass is 35.5. The summed E-state index contributed by atoms with van der Waals surface area (Å²) in [4.78, 5) is 41.5. The Balaban J connectivity index is 1.88. The number of imide groups is 1. The van der Waals surface area contributed by atoms with Crippen LogP contribution in [0.4, 0.5) is 5.69 Å². The number of benzene rings is 1. The minimum Gasteiger partial charge on any atom is -0.480 e. The van der Waals surface area contributed by atoms with Gasteiger partial charge in [0.2, 0.25) is 11.8 Å². The van der Waals surface area contributed by atoms with Gasteiger partial charge in [-0.25, -0.2) is 4.90 Å². The lowest BCUT2D eigenvalue weighted by molar-refractivity contribution is -0.147. The molecule has 0 spiro atoms. The van der Waals surface area contributed by atoms with E-state index in [1.807, 2.05) is 32.0 Å². The van der Waals surface area contributed by atoms with Gasteiger partial charge >= 0.3 is 5.97 Å². The normalized spacial score (nSPS) is 28.3. The molecule has 0 saturated carbocycles. The van der Waals surface area contributed by atoms with Crippen molar-refractivity contribution in [3.05, 3.63) is 50.7 Å². The number of carbonyl (C=O) groups excluding carboxylic acids is 2. The second-order valence-corrected chi connectivity index (χ2v) is 9.67. The molecule has 3 heterocycles. The average Bonchev–Trinajstić information content (AvgIpc) is 3.36. The van der Waals surface area contributed by atoms with Crippen LogP contribution in [-0.4, -0.2) is 28.4 Å². The lowest BCUT2D eigenvalue weighted by Gasteiger charge is -2.28. The van der Waals surface area contributed by atoms with E-state index in [1.165, 1.54) is 23.2 Å². The summed E-state index contributed by atoms with van der Waals surface area (Å²) in [6.07, 6.45) is 1.32. The molecule has 2 aromatic rings. The molecule has 2 amide bonds. The van der Waals surface area contributed by atoms with Gasteiger partial charge in [-0.1, -0.05) is 43.6 Å². The average molecular weight is 447 g/mol. The van der Waals surface area contributed by atoms with E-state index in [0.717, 1.165) is 16.0 Å². The van der Waals surface area contributed by atoms with Gasteiger partial charge in [0.15, 0.2) is 0 Å². The van der Waals surface area contributed by atoms with Crippen molar-refractivity contribution in [3.8, 4) is 0 Å². The van der Waals surface area contributed by atoms with E-state index in [1.54, 1.807) is 12.1 Å². The van der Waals surface area contributed by atoms with Crippen LogP contribution < -0.4 is 10.2 Å². The first-order valence-corrected chi connectivity index (χ1v) is 11.2. The SMILES string of the molecule is CCc1cccc(CC)c1N1C(=O)C2C(c3ccc(Cl)s3)NC(C)(C(=O)O)C2C1=O. The van der Waals surface area contributed by atoms with Crippen molar-refractivity contribution in [1.82, 2.24) is 5.32 Å². The number of thiophene rings is 1. The largest absolute Gasteiger partial charge is 0.480 e. The van der Waals surface area contributed by atoms with E-state index in [2.05, 4.69) is 5.32 Å². The van der Waals surface area contributed by atoms with Crippen molar-refractivity contribution >= 4 is 46.4 Å². The number of aryl methyl sites for hydroxylation is 2. The van der Waals surface area contributed by atoms with Crippen molar-refractivity contribution in [3.63, 3.8) is 0 Å². The van der Waals surface area contributed by atoms with E-state index in [-0.39, 0.29) is 5.91 Å². The van der Waals surface area contributed by atoms with Crippen molar-refractivity contribution in [2.45, 2.75) is 45.2 Å². The van der Waals surface area contributed by atoms with Crippen LogP contribution in [0.5, 0.6) is 0 Å². The van der Waals surface area contributed by atoms with Crippen molar-refractivity contribution < 1.29 is 19.5 Å². The summed E-state index contributed by atoms with van der Waals surface area (Å²) in [5.74, 6) is -3.76. The number of fused-ring (bicyclic) bond motifs is 1. The summed E-state index contributed by atoms with van der Waals surface area (Å²) < 4.78 is 0.547. The maximum absolute atomic E-state index is 13.7. The molecule has 2 N–H and O–H groups in total. The summed E-state index contributed by atoms with van der Waals surface area (Å²) in [7, 11) is 0. The van der Waals surface area contributed by atoms with Gasteiger partial charge in [-0.05, 0) is 43.0 Å². The molecule has 2 aliphatic rings. The van der Waals surface area contributed by atoms with Crippen LogP contribution in [0.1, 0.15) is 42.8 Å². The zero-order chi connectivity index (χ0) is 21.8. The number of hydrogen-bond donors (Lipinski definition) is 2. The monoisotopic (exact) mass is 446 g/mol.